The van der Waals surface area contributed by atoms with Gasteiger partial charge in [0.25, 0.3) is 0 Å². The minimum Gasteiger partial charge on any atom is -0.456 e. The van der Waals surface area contributed by atoms with Crippen molar-refractivity contribution in [2.75, 3.05) is 0 Å². The first-order valence-corrected chi connectivity index (χ1v) is 8.16. The van der Waals surface area contributed by atoms with Gasteiger partial charge in [-0.2, -0.15) is 0 Å². The summed E-state index contributed by atoms with van der Waals surface area (Å²) < 4.78 is 8.45. The summed E-state index contributed by atoms with van der Waals surface area (Å²) in [5.41, 5.74) is 3.21. The van der Waals surface area contributed by atoms with Gasteiger partial charge < -0.3 is 9.14 Å². The van der Waals surface area contributed by atoms with Crippen molar-refractivity contribution in [3.8, 4) is 0 Å². The number of ether oxygens (including phenoxy) is 1. The molecule has 0 spiro atoms. The summed E-state index contributed by atoms with van der Waals surface area (Å²) in [6.07, 6.45) is 3.59. The number of fused-ring (bicyclic) bond motifs is 2. The second-order valence-electron chi connectivity index (χ2n) is 5.43. The number of nitrogens with zero attached hydrogens (tertiary/aromatic N) is 2. The molecule has 0 aliphatic rings. The van der Waals surface area contributed by atoms with Gasteiger partial charge in [0.05, 0.1) is 0 Å². The summed E-state index contributed by atoms with van der Waals surface area (Å²) in [4.78, 5) is 16.6. The first-order valence-electron chi connectivity index (χ1n) is 7.28. The molecule has 4 aromatic rings. The Balaban J connectivity index is 1.55. The molecule has 4 nitrogen and oxygen atoms in total. The summed E-state index contributed by atoms with van der Waals surface area (Å²) >= 11 is 1.66. The topological polar surface area (TPSA) is 43.6 Å². The van der Waals surface area contributed by atoms with E-state index in [0.29, 0.717) is 5.69 Å². The van der Waals surface area contributed by atoms with Crippen LogP contribution in [0, 0.1) is 6.92 Å². The molecular weight excluding hydrogens is 308 g/mol. The summed E-state index contributed by atoms with van der Waals surface area (Å²) in [7, 11) is 0. The van der Waals surface area contributed by atoms with Crippen LogP contribution in [0.1, 0.15) is 21.6 Å². The first kappa shape index (κ1) is 14.0. The zero-order valence-electron chi connectivity index (χ0n) is 12.5. The van der Waals surface area contributed by atoms with Crippen molar-refractivity contribution in [3.05, 3.63) is 71.0 Å². The molecule has 0 radical (unpaired) electrons. The molecule has 0 aliphatic heterocycles. The average molecular weight is 322 g/mol. The number of thiophene rings is 1. The van der Waals surface area contributed by atoms with Crippen LogP contribution in [0.5, 0.6) is 0 Å². The minimum atomic E-state index is -0.401. The molecule has 3 heterocycles. The van der Waals surface area contributed by atoms with Gasteiger partial charge in [-0.15, -0.1) is 11.3 Å². The number of rotatable bonds is 3. The molecule has 5 heteroatoms. The standard InChI is InChI=1S/C18H14N2O2S/c1-12-6-7-20-9-15(19-17(20)8-12)18(21)22-10-13-11-23-16-5-3-2-4-14(13)16/h2-9,11H,10H2,1H3. The van der Waals surface area contributed by atoms with E-state index in [-0.39, 0.29) is 6.61 Å². The van der Waals surface area contributed by atoms with Crippen molar-refractivity contribution < 1.29 is 9.53 Å². The largest absolute Gasteiger partial charge is 0.456 e. The van der Waals surface area contributed by atoms with Gasteiger partial charge in [0, 0.05) is 22.7 Å². The molecule has 0 bridgehead atoms. The van der Waals surface area contributed by atoms with E-state index in [4.69, 9.17) is 4.74 Å². The number of hydrogen-bond acceptors (Lipinski definition) is 4. The molecule has 0 fully saturated rings. The Kier molecular flexibility index (Phi) is 3.35. The zero-order valence-corrected chi connectivity index (χ0v) is 13.3. The molecule has 0 atom stereocenters. The van der Waals surface area contributed by atoms with Gasteiger partial charge in [-0.05, 0) is 41.5 Å². The number of carbonyl (C=O) groups excluding carboxylic acids is 1. The Labute approximate surface area is 137 Å². The van der Waals surface area contributed by atoms with Crippen LogP contribution in [-0.2, 0) is 11.3 Å². The Morgan fingerprint density at radius 2 is 2.17 bits per heavy atom. The number of imidazole rings is 1. The fourth-order valence-electron chi connectivity index (χ4n) is 2.54. The minimum absolute atomic E-state index is 0.260. The highest BCUT2D eigenvalue weighted by molar-refractivity contribution is 7.17. The van der Waals surface area contributed by atoms with E-state index in [1.54, 1.807) is 17.5 Å². The molecule has 1 aromatic carbocycles. The number of pyridine rings is 1. The van der Waals surface area contributed by atoms with Gasteiger partial charge >= 0.3 is 5.97 Å². The van der Waals surface area contributed by atoms with Crippen LogP contribution in [0.4, 0.5) is 0 Å². The van der Waals surface area contributed by atoms with E-state index in [9.17, 15) is 4.79 Å². The second kappa shape index (κ2) is 5.52. The quantitative estimate of drug-likeness (QED) is 0.531. The maximum Gasteiger partial charge on any atom is 0.358 e. The Bertz CT molecular complexity index is 1020. The number of carbonyl (C=O) groups is 1. The van der Waals surface area contributed by atoms with Crippen molar-refractivity contribution in [2.45, 2.75) is 13.5 Å². The molecule has 0 amide bonds. The molecule has 0 aliphatic carbocycles. The molecule has 4 rings (SSSR count). The molecule has 114 valence electrons. The number of hydrogen-bond donors (Lipinski definition) is 0. The molecule has 0 saturated carbocycles. The summed E-state index contributed by atoms with van der Waals surface area (Å²) in [6, 6.07) is 12.0. The highest BCUT2D eigenvalue weighted by atomic mass is 32.1. The summed E-state index contributed by atoms with van der Waals surface area (Å²) in [5, 5.41) is 3.17. The third-order valence-corrected chi connectivity index (χ3v) is 4.76. The summed E-state index contributed by atoms with van der Waals surface area (Å²) in [5.74, 6) is -0.401. The van der Waals surface area contributed by atoms with Crippen LogP contribution in [0.3, 0.4) is 0 Å². The Morgan fingerprint density at radius 3 is 3.09 bits per heavy atom. The SMILES string of the molecule is Cc1ccn2cc(C(=O)OCc3csc4ccccc34)nc2c1. The lowest BCUT2D eigenvalue weighted by Gasteiger charge is -2.01. The Hall–Kier alpha value is -2.66. The van der Waals surface area contributed by atoms with Gasteiger partial charge in [0.1, 0.15) is 12.3 Å². The summed E-state index contributed by atoms with van der Waals surface area (Å²) in [6.45, 7) is 2.25. The fraction of sp³-hybridized carbons (Fsp3) is 0.111. The van der Waals surface area contributed by atoms with Crippen molar-refractivity contribution >= 4 is 33.0 Å². The molecule has 0 N–H and O–H groups in total. The van der Waals surface area contributed by atoms with Crippen molar-refractivity contribution in [1.29, 1.82) is 0 Å². The maximum atomic E-state index is 12.2. The van der Waals surface area contributed by atoms with Crippen LogP contribution >= 0.6 is 11.3 Å². The predicted molar refractivity (Wildman–Crippen MR) is 90.9 cm³/mol. The van der Waals surface area contributed by atoms with Crippen molar-refractivity contribution in [2.24, 2.45) is 0 Å². The van der Waals surface area contributed by atoms with Crippen LogP contribution in [-0.4, -0.2) is 15.4 Å². The van der Waals surface area contributed by atoms with E-state index >= 15 is 0 Å². The van der Waals surface area contributed by atoms with E-state index in [1.165, 1.54) is 4.70 Å². The lowest BCUT2D eigenvalue weighted by molar-refractivity contribution is 0.0468. The molecule has 3 aromatic heterocycles. The Morgan fingerprint density at radius 1 is 1.30 bits per heavy atom. The van der Waals surface area contributed by atoms with E-state index in [2.05, 4.69) is 11.1 Å². The highest BCUT2D eigenvalue weighted by Gasteiger charge is 2.13. The van der Waals surface area contributed by atoms with Gasteiger partial charge in [0.2, 0.25) is 0 Å². The smallest absolute Gasteiger partial charge is 0.358 e. The lowest BCUT2D eigenvalue weighted by Crippen LogP contribution is -2.05. The number of aryl methyl sites for hydroxylation is 1. The monoisotopic (exact) mass is 322 g/mol. The van der Waals surface area contributed by atoms with Gasteiger partial charge in [-0.25, -0.2) is 9.78 Å². The van der Waals surface area contributed by atoms with Crippen LogP contribution in [0.2, 0.25) is 0 Å². The maximum absolute atomic E-state index is 12.2. The second-order valence-corrected chi connectivity index (χ2v) is 6.34. The average Bonchev–Trinajstić information content (AvgIpc) is 3.16. The van der Waals surface area contributed by atoms with Crippen LogP contribution in [0.15, 0.2) is 54.2 Å². The third kappa shape index (κ3) is 2.59. The number of benzene rings is 1. The lowest BCUT2D eigenvalue weighted by atomic mass is 10.2. The van der Waals surface area contributed by atoms with Crippen LogP contribution in [0.25, 0.3) is 15.7 Å². The third-order valence-electron chi connectivity index (χ3n) is 3.74. The van der Waals surface area contributed by atoms with Gasteiger partial charge in [0.15, 0.2) is 5.69 Å². The zero-order chi connectivity index (χ0) is 15.8. The normalized spacial score (nSPS) is 11.2. The van der Waals surface area contributed by atoms with Crippen molar-refractivity contribution in [3.63, 3.8) is 0 Å². The first-order chi connectivity index (χ1) is 11.2. The number of esters is 1. The predicted octanol–water partition coefficient (Wildman–Crippen LogP) is 4.21. The molecule has 0 saturated heterocycles. The fourth-order valence-corrected chi connectivity index (χ4v) is 3.49. The molecule has 0 unspecified atom stereocenters. The molecular formula is C18H14N2O2S. The van der Waals surface area contributed by atoms with Gasteiger partial charge in [-0.1, -0.05) is 18.2 Å². The van der Waals surface area contributed by atoms with E-state index < -0.39 is 5.97 Å². The van der Waals surface area contributed by atoms with E-state index in [1.807, 2.05) is 53.2 Å². The van der Waals surface area contributed by atoms with Gasteiger partial charge in [-0.3, -0.25) is 0 Å². The number of aromatic nitrogens is 2. The van der Waals surface area contributed by atoms with E-state index in [0.717, 1.165) is 22.2 Å². The van der Waals surface area contributed by atoms with Crippen LogP contribution < -0.4 is 0 Å². The van der Waals surface area contributed by atoms with Crippen molar-refractivity contribution in [1.82, 2.24) is 9.38 Å². The molecule has 23 heavy (non-hydrogen) atoms. The highest BCUT2D eigenvalue weighted by Crippen LogP contribution is 2.26.